The average Bonchev–Trinajstić information content (AvgIpc) is 2.24. The molecule has 1 nitrogen and oxygen atoms in total. The van der Waals surface area contributed by atoms with E-state index in [1.165, 1.54) is 64.2 Å². The summed E-state index contributed by atoms with van der Waals surface area (Å²) in [5, 5.41) is 4.91. The van der Waals surface area contributed by atoms with Gasteiger partial charge in [0.15, 0.2) is 0 Å². The Bertz CT molecular complexity index is 147. The van der Waals surface area contributed by atoms with E-state index in [0.29, 0.717) is 5.54 Å². The van der Waals surface area contributed by atoms with E-state index in [4.69, 9.17) is 5.32 Å². The maximum Gasteiger partial charge on any atom is 0.0328 e. The fourth-order valence-electron chi connectivity index (χ4n) is 2.54. The molecule has 89 valence electrons. The van der Waals surface area contributed by atoms with Crippen LogP contribution in [0.25, 0.3) is 0 Å². The summed E-state index contributed by atoms with van der Waals surface area (Å²) in [7, 11) is 0. The van der Waals surface area contributed by atoms with Crippen LogP contribution in [-0.4, -0.2) is 12.1 Å². The normalized spacial score (nSPS) is 20.4. The highest BCUT2D eigenvalue weighted by Gasteiger charge is 2.26. The molecule has 0 unspecified atom stereocenters. The molecule has 1 fully saturated rings. The zero-order valence-corrected chi connectivity index (χ0v) is 10.7. The first-order valence-corrected chi connectivity index (χ1v) is 6.95. The van der Waals surface area contributed by atoms with E-state index in [2.05, 4.69) is 13.8 Å². The van der Waals surface area contributed by atoms with E-state index in [9.17, 15) is 0 Å². The molecule has 1 aliphatic carbocycles. The minimum absolute atomic E-state index is 0.350. The minimum atomic E-state index is 0.350. The Morgan fingerprint density at radius 1 is 0.933 bits per heavy atom. The molecule has 0 aromatic rings. The van der Waals surface area contributed by atoms with Crippen molar-refractivity contribution in [3.8, 4) is 0 Å². The van der Waals surface area contributed by atoms with E-state index < -0.39 is 0 Å². The standard InChI is InChI=1S/C14H28N/c1-3-4-5-6-10-13-15-14(2)11-8-7-9-12-14/h3-13H2,1-2H3. The monoisotopic (exact) mass is 210 g/mol. The van der Waals surface area contributed by atoms with Crippen LogP contribution in [-0.2, 0) is 0 Å². The fourth-order valence-corrected chi connectivity index (χ4v) is 2.54. The van der Waals surface area contributed by atoms with Gasteiger partial charge in [0, 0.05) is 12.1 Å². The molecule has 15 heavy (non-hydrogen) atoms. The summed E-state index contributed by atoms with van der Waals surface area (Å²) < 4.78 is 0. The third-order valence-electron chi connectivity index (χ3n) is 3.69. The third-order valence-corrected chi connectivity index (χ3v) is 3.69. The highest BCUT2D eigenvalue weighted by atomic mass is 15.0. The molecule has 1 aliphatic rings. The van der Waals surface area contributed by atoms with Crippen LogP contribution in [0.1, 0.15) is 78.1 Å². The van der Waals surface area contributed by atoms with Crippen molar-refractivity contribution in [2.75, 3.05) is 6.54 Å². The molecule has 1 saturated carbocycles. The number of hydrogen-bond donors (Lipinski definition) is 0. The second-order valence-corrected chi connectivity index (χ2v) is 5.35. The van der Waals surface area contributed by atoms with Gasteiger partial charge >= 0.3 is 0 Å². The van der Waals surface area contributed by atoms with Crippen molar-refractivity contribution in [3.63, 3.8) is 0 Å². The summed E-state index contributed by atoms with van der Waals surface area (Å²) >= 11 is 0. The molecular formula is C14H28N. The Kier molecular flexibility index (Phi) is 6.31. The van der Waals surface area contributed by atoms with Gasteiger partial charge in [-0.25, -0.2) is 5.32 Å². The van der Waals surface area contributed by atoms with Crippen LogP contribution in [0, 0.1) is 0 Å². The van der Waals surface area contributed by atoms with Crippen LogP contribution >= 0.6 is 0 Å². The zero-order chi connectivity index (χ0) is 11.0. The quantitative estimate of drug-likeness (QED) is 0.557. The van der Waals surface area contributed by atoms with Crippen LogP contribution in [0.3, 0.4) is 0 Å². The summed E-state index contributed by atoms with van der Waals surface area (Å²) in [6.45, 7) is 5.74. The Balaban J connectivity index is 1.98. The maximum atomic E-state index is 4.91. The molecular weight excluding hydrogens is 182 g/mol. The molecule has 0 heterocycles. The molecule has 0 spiro atoms. The number of unbranched alkanes of at least 4 members (excludes halogenated alkanes) is 4. The second kappa shape index (κ2) is 7.27. The van der Waals surface area contributed by atoms with Crippen LogP contribution in [0.5, 0.6) is 0 Å². The van der Waals surface area contributed by atoms with Crippen molar-refractivity contribution in [3.05, 3.63) is 0 Å². The molecule has 0 bridgehead atoms. The van der Waals surface area contributed by atoms with E-state index in [0.717, 1.165) is 6.54 Å². The number of rotatable bonds is 7. The van der Waals surface area contributed by atoms with Gasteiger partial charge < -0.3 is 0 Å². The van der Waals surface area contributed by atoms with Crippen LogP contribution in [0.15, 0.2) is 0 Å². The van der Waals surface area contributed by atoms with Crippen LogP contribution < -0.4 is 5.32 Å². The molecule has 0 amide bonds. The van der Waals surface area contributed by atoms with E-state index in [1.807, 2.05) is 0 Å². The second-order valence-electron chi connectivity index (χ2n) is 5.35. The summed E-state index contributed by atoms with van der Waals surface area (Å²) in [6, 6.07) is 0. The summed E-state index contributed by atoms with van der Waals surface area (Å²) in [5.41, 5.74) is 0.350. The SMILES string of the molecule is CCCCCCC[N]C1(C)CCCCC1. The lowest BCUT2D eigenvalue weighted by Gasteiger charge is -2.33. The lowest BCUT2D eigenvalue weighted by Crippen LogP contribution is -2.38. The van der Waals surface area contributed by atoms with Gasteiger partial charge in [-0.1, -0.05) is 51.9 Å². The molecule has 1 rings (SSSR count). The van der Waals surface area contributed by atoms with Gasteiger partial charge in [-0.2, -0.15) is 0 Å². The first-order chi connectivity index (χ1) is 7.27. The summed E-state index contributed by atoms with van der Waals surface area (Å²) in [6.07, 6.45) is 13.7. The summed E-state index contributed by atoms with van der Waals surface area (Å²) in [4.78, 5) is 0. The van der Waals surface area contributed by atoms with Crippen LogP contribution in [0.4, 0.5) is 0 Å². The smallest absolute Gasteiger partial charge is 0.0328 e. The maximum absolute atomic E-state index is 4.91. The zero-order valence-electron chi connectivity index (χ0n) is 10.7. The van der Waals surface area contributed by atoms with Crippen molar-refractivity contribution < 1.29 is 0 Å². The first-order valence-electron chi connectivity index (χ1n) is 6.95. The van der Waals surface area contributed by atoms with Gasteiger partial charge in [0.1, 0.15) is 0 Å². The fraction of sp³-hybridized carbons (Fsp3) is 1.00. The van der Waals surface area contributed by atoms with Crippen molar-refractivity contribution in [2.24, 2.45) is 0 Å². The molecule has 1 heteroatoms. The Hall–Kier alpha value is -0.0400. The molecule has 0 aromatic heterocycles. The molecule has 0 aliphatic heterocycles. The van der Waals surface area contributed by atoms with Gasteiger partial charge in [0.05, 0.1) is 0 Å². The van der Waals surface area contributed by atoms with Crippen molar-refractivity contribution in [2.45, 2.75) is 83.6 Å². The van der Waals surface area contributed by atoms with Gasteiger partial charge in [0.2, 0.25) is 0 Å². The lowest BCUT2D eigenvalue weighted by atomic mass is 9.83. The number of hydrogen-bond acceptors (Lipinski definition) is 0. The highest BCUT2D eigenvalue weighted by molar-refractivity contribution is 4.85. The van der Waals surface area contributed by atoms with Gasteiger partial charge in [-0.15, -0.1) is 0 Å². The predicted molar refractivity (Wildman–Crippen MR) is 67.3 cm³/mol. The van der Waals surface area contributed by atoms with Crippen molar-refractivity contribution in [1.29, 1.82) is 0 Å². The minimum Gasteiger partial charge on any atom is -0.235 e. The molecule has 1 radical (unpaired) electrons. The van der Waals surface area contributed by atoms with E-state index in [1.54, 1.807) is 0 Å². The average molecular weight is 210 g/mol. The third kappa shape index (κ3) is 5.55. The number of nitrogens with zero attached hydrogens (tertiary/aromatic N) is 1. The Morgan fingerprint density at radius 3 is 2.27 bits per heavy atom. The Labute approximate surface area is 96.0 Å². The van der Waals surface area contributed by atoms with Gasteiger partial charge in [-0.05, 0) is 26.2 Å². The molecule has 0 saturated heterocycles. The van der Waals surface area contributed by atoms with Crippen molar-refractivity contribution in [1.82, 2.24) is 5.32 Å². The Morgan fingerprint density at radius 2 is 1.60 bits per heavy atom. The lowest BCUT2D eigenvalue weighted by molar-refractivity contribution is 0.247. The molecule has 0 N–H and O–H groups in total. The van der Waals surface area contributed by atoms with E-state index >= 15 is 0 Å². The van der Waals surface area contributed by atoms with E-state index in [-0.39, 0.29) is 0 Å². The van der Waals surface area contributed by atoms with Crippen molar-refractivity contribution >= 4 is 0 Å². The van der Waals surface area contributed by atoms with Gasteiger partial charge in [0.25, 0.3) is 0 Å². The predicted octanol–water partition coefficient (Wildman–Crippen LogP) is 4.28. The molecule has 0 aromatic carbocycles. The molecule has 0 atom stereocenters. The van der Waals surface area contributed by atoms with Gasteiger partial charge in [-0.3, -0.25) is 0 Å². The first kappa shape index (κ1) is 13.0. The summed E-state index contributed by atoms with van der Waals surface area (Å²) in [5.74, 6) is 0. The van der Waals surface area contributed by atoms with Crippen LogP contribution in [0.2, 0.25) is 0 Å². The topological polar surface area (TPSA) is 14.1 Å². The largest absolute Gasteiger partial charge is 0.235 e. The highest BCUT2D eigenvalue weighted by Crippen LogP contribution is 2.28.